The predicted octanol–water partition coefficient (Wildman–Crippen LogP) is -0.455. The maximum absolute atomic E-state index is 10.7. The number of thiol groups is 1. The lowest BCUT2D eigenvalue weighted by Gasteiger charge is -2.09. The third-order valence-corrected chi connectivity index (χ3v) is 2.51. The summed E-state index contributed by atoms with van der Waals surface area (Å²) in [6, 6.07) is 0. The second-order valence-electron chi connectivity index (χ2n) is 1.90. The van der Waals surface area contributed by atoms with Crippen LogP contribution in [0, 0.1) is 0 Å². The number of nitrogens with two attached hydrogens (primary N) is 1. The van der Waals surface area contributed by atoms with E-state index >= 15 is 0 Å². The van der Waals surface area contributed by atoms with Crippen molar-refractivity contribution in [1.82, 2.24) is 4.72 Å². The molecule has 0 aliphatic carbocycles. The number of hydrogen-bond donors (Lipinski definition) is 3. The van der Waals surface area contributed by atoms with Crippen LogP contribution < -0.4 is 10.5 Å². The Balaban J connectivity index is 2.43. The Bertz CT molecular complexity index is 235. The van der Waals surface area contributed by atoms with Crippen LogP contribution in [0.5, 0.6) is 0 Å². The van der Waals surface area contributed by atoms with Crippen LogP contribution in [0.3, 0.4) is 0 Å². The summed E-state index contributed by atoms with van der Waals surface area (Å²) in [5.74, 6) is -1.67. The molecular weight excluding hydrogens is 164 g/mol. The van der Waals surface area contributed by atoms with Gasteiger partial charge in [-0.2, -0.15) is 0 Å². The first-order chi connectivity index (χ1) is 5.20. The molecule has 0 spiro atoms. The fraction of sp³-hybridized carbons (Fsp3) is 0. The molecule has 3 N–H and O–H groups in total. The van der Waals surface area contributed by atoms with Gasteiger partial charge in [0.1, 0.15) is 0 Å². The van der Waals surface area contributed by atoms with E-state index in [4.69, 9.17) is 5.73 Å². The SMILES string of the molecule is NC(=O)C(=O)N[SH]1C=CC=C1. The maximum atomic E-state index is 10.7. The van der Waals surface area contributed by atoms with Crippen LogP contribution in [0.1, 0.15) is 0 Å². The molecule has 1 aliphatic heterocycles. The summed E-state index contributed by atoms with van der Waals surface area (Å²) in [4.78, 5) is 20.9. The predicted molar refractivity (Wildman–Crippen MR) is 44.6 cm³/mol. The lowest BCUT2D eigenvalue weighted by Crippen LogP contribution is -2.33. The molecule has 5 heteroatoms. The van der Waals surface area contributed by atoms with Gasteiger partial charge in [0.05, 0.1) is 0 Å². The topological polar surface area (TPSA) is 72.2 Å². The van der Waals surface area contributed by atoms with Crippen LogP contribution in [-0.2, 0) is 9.59 Å². The molecule has 1 heterocycles. The van der Waals surface area contributed by atoms with Crippen molar-refractivity contribution in [3.63, 3.8) is 0 Å². The highest BCUT2D eigenvalue weighted by Gasteiger charge is 2.10. The third-order valence-electron chi connectivity index (χ3n) is 1.06. The molecule has 0 aromatic carbocycles. The third kappa shape index (κ3) is 2.12. The van der Waals surface area contributed by atoms with Gasteiger partial charge in [0, 0.05) is 0 Å². The van der Waals surface area contributed by atoms with E-state index in [2.05, 4.69) is 4.72 Å². The van der Waals surface area contributed by atoms with Crippen molar-refractivity contribution in [3.8, 4) is 0 Å². The number of allylic oxidation sites excluding steroid dienone is 2. The van der Waals surface area contributed by atoms with Gasteiger partial charge in [0.2, 0.25) is 0 Å². The zero-order valence-electron chi connectivity index (χ0n) is 5.65. The molecule has 1 aliphatic rings. The van der Waals surface area contributed by atoms with Gasteiger partial charge in [-0.25, -0.2) is 0 Å². The minimum atomic E-state index is -0.943. The molecule has 0 radical (unpaired) electrons. The van der Waals surface area contributed by atoms with Gasteiger partial charge in [-0.15, -0.1) is 11.1 Å². The first-order valence-corrected chi connectivity index (χ1v) is 4.42. The molecule has 4 nitrogen and oxygen atoms in total. The molecule has 11 heavy (non-hydrogen) atoms. The molecule has 0 unspecified atom stereocenters. The second kappa shape index (κ2) is 3.25. The Morgan fingerprint density at radius 3 is 2.27 bits per heavy atom. The minimum absolute atomic E-state index is 0.729. The van der Waals surface area contributed by atoms with E-state index in [1.54, 1.807) is 0 Å². The fourth-order valence-corrected chi connectivity index (χ4v) is 1.74. The number of carbonyl (C=O) groups is 2. The van der Waals surface area contributed by atoms with E-state index in [0.717, 1.165) is 0 Å². The Kier molecular flexibility index (Phi) is 2.32. The Hall–Kier alpha value is -1.23. The number of rotatable bonds is 1. The molecule has 0 atom stereocenters. The van der Waals surface area contributed by atoms with Crippen LogP contribution in [0.2, 0.25) is 0 Å². The Morgan fingerprint density at radius 2 is 1.82 bits per heavy atom. The molecule has 0 fully saturated rings. The van der Waals surface area contributed by atoms with Crippen molar-refractivity contribution in [2.75, 3.05) is 0 Å². The fourth-order valence-electron chi connectivity index (χ4n) is 0.581. The van der Waals surface area contributed by atoms with Gasteiger partial charge in [-0.1, -0.05) is 12.2 Å². The number of carbonyl (C=O) groups excluding carboxylic acids is 2. The van der Waals surface area contributed by atoms with E-state index in [1.165, 1.54) is 0 Å². The molecule has 60 valence electrons. The van der Waals surface area contributed by atoms with E-state index in [-0.39, 0.29) is 0 Å². The lowest BCUT2D eigenvalue weighted by molar-refractivity contribution is -0.136. The Morgan fingerprint density at radius 1 is 1.27 bits per heavy atom. The summed E-state index contributed by atoms with van der Waals surface area (Å²) < 4.78 is 2.46. The van der Waals surface area contributed by atoms with Crippen LogP contribution in [-0.4, -0.2) is 11.8 Å². The highest BCUT2D eigenvalue weighted by atomic mass is 32.2. The number of hydrogen-bond acceptors (Lipinski definition) is 2. The smallest absolute Gasteiger partial charge is 0.317 e. The summed E-state index contributed by atoms with van der Waals surface area (Å²) in [5, 5.41) is 3.63. The standard InChI is InChI=1S/C6H8N2O2S/c7-5(9)6(10)8-11-3-1-2-4-11/h1-4,11H,(H2,7,9)(H,8,10). The van der Waals surface area contributed by atoms with E-state index < -0.39 is 22.9 Å². The highest BCUT2D eigenvalue weighted by molar-refractivity contribution is 8.21. The van der Waals surface area contributed by atoms with Gasteiger partial charge >= 0.3 is 11.8 Å². The first kappa shape index (κ1) is 7.87. The van der Waals surface area contributed by atoms with Crippen molar-refractivity contribution >= 4 is 22.9 Å². The summed E-state index contributed by atoms with van der Waals surface area (Å²) in [6.45, 7) is 0. The molecule has 0 aromatic heterocycles. The van der Waals surface area contributed by atoms with Crippen molar-refractivity contribution in [2.45, 2.75) is 0 Å². The first-order valence-electron chi connectivity index (χ1n) is 2.94. The van der Waals surface area contributed by atoms with Gasteiger partial charge < -0.3 is 10.5 Å². The molecule has 0 saturated carbocycles. The van der Waals surface area contributed by atoms with Crippen LogP contribution in [0.4, 0.5) is 0 Å². The summed E-state index contributed by atoms with van der Waals surface area (Å²) >= 11 is -0.778. The number of primary amides is 1. The van der Waals surface area contributed by atoms with Crippen molar-refractivity contribution in [3.05, 3.63) is 23.0 Å². The maximum Gasteiger partial charge on any atom is 0.317 e. The normalized spacial score (nSPS) is 16.9. The number of nitrogens with one attached hydrogen (secondary N) is 1. The zero-order valence-corrected chi connectivity index (χ0v) is 6.54. The highest BCUT2D eigenvalue weighted by Crippen LogP contribution is 2.27. The van der Waals surface area contributed by atoms with E-state index in [0.29, 0.717) is 0 Å². The van der Waals surface area contributed by atoms with Crippen LogP contribution in [0.25, 0.3) is 0 Å². The molecule has 0 aromatic rings. The summed E-state index contributed by atoms with van der Waals surface area (Å²) in [6.07, 6.45) is 3.62. The van der Waals surface area contributed by atoms with E-state index in [1.807, 2.05) is 23.0 Å². The largest absolute Gasteiger partial charge is 0.361 e. The quantitative estimate of drug-likeness (QED) is 0.370. The summed E-state index contributed by atoms with van der Waals surface area (Å²) in [7, 11) is 0. The van der Waals surface area contributed by atoms with Gasteiger partial charge in [0.25, 0.3) is 0 Å². The molecule has 0 bridgehead atoms. The van der Waals surface area contributed by atoms with E-state index in [9.17, 15) is 9.59 Å². The van der Waals surface area contributed by atoms with Gasteiger partial charge in [-0.05, 0) is 10.8 Å². The van der Waals surface area contributed by atoms with Gasteiger partial charge in [0.15, 0.2) is 0 Å². The number of amides is 2. The molecular formula is C6H8N2O2S. The van der Waals surface area contributed by atoms with Crippen LogP contribution in [0.15, 0.2) is 23.0 Å². The Labute approximate surface area is 66.6 Å². The van der Waals surface area contributed by atoms with Gasteiger partial charge in [-0.3, -0.25) is 9.59 Å². The molecule has 1 rings (SSSR count). The molecule has 2 amide bonds. The minimum Gasteiger partial charge on any atom is -0.361 e. The average molecular weight is 172 g/mol. The average Bonchev–Trinajstić information content (AvgIpc) is 2.39. The second-order valence-corrected chi connectivity index (χ2v) is 3.53. The zero-order chi connectivity index (χ0) is 8.27. The molecule has 0 saturated heterocycles. The van der Waals surface area contributed by atoms with Crippen LogP contribution >= 0.6 is 11.1 Å². The lowest BCUT2D eigenvalue weighted by atomic mass is 10.6. The van der Waals surface area contributed by atoms with Crippen molar-refractivity contribution < 1.29 is 9.59 Å². The summed E-state index contributed by atoms with van der Waals surface area (Å²) in [5.41, 5.74) is 4.73. The van der Waals surface area contributed by atoms with Crippen molar-refractivity contribution in [2.24, 2.45) is 5.73 Å². The van der Waals surface area contributed by atoms with Crippen molar-refractivity contribution in [1.29, 1.82) is 0 Å². The monoisotopic (exact) mass is 172 g/mol.